The molecular formula is C14H23NOS. The van der Waals surface area contributed by atoms with E-state index in [1.54, 1.807) is 0 Å². The van der Waals surface area contributed by atoms with E-state index in [1.807, 2.05) is 36.0 Å². The van der Waals surface area contributed by atoms with E-state index in [9.17, 15) is 0 Å². The number of hydrogen-bond donors (Lipinski definition) is 1. The molecule has 1 rings (SSSR count). The first-order valence-electron chi connectivity index (χ1n) is 6.36. The first-order valence-corrected chi connectivity index (χ1v) is 7.52. The van der Waals surface area contributed by atoms with Crippen molar-refractivity contribution in [1.29, 1.82) is 0 Å². The summed E-state index contributed by atoms with van der Waals surface area (Å²) in [5, 5.41) is 0. The SMILES string of the molecule is CCCCCSCCOc1cccc(CN)c1. The Hall–Kier alpha value is -0.670. The van der Waals surface area contributed by atoms with E-state index in [0.717, 1.165) is 23.7 Å². The van der Waals surface area contributed by atoms with Crippen LogP contribution in [0.5, 0.6) is 5.75 Å². The standard InChI is InChI=1S/C14H23NOS/c1-2-3-4-9-17-10-8-16-14-7-5-6-13(11-14)12-15/h5-7,11H,2-4,8-10,12,15H2,1H3. The molecule has 0 saturated heterocycles. The van der Waals surface area contributed by atoms with Crippen LogP contribution in [0.2, 0.25) is 0 Å². The molecule has 0 amide bonds. The highest BCUT2D eigenvalue weighted by molar-refractivity contribution is 7.99. The van der Waals surface area contributed by atoms with Crippen molar-refractivity contribution >= 4 is 11.8 Å². The highest BCUT2D eigenvalue weighted by atomic mass is 32.2. The summed E-state index contributed by atoms with van der Waals surface area (Å²) in [7, 11) is 0. The van der Waals surface area contributed by atoms with E-state index in [0.29, 0.717) is 6.54 Å². The number of benzene rings is 1. The molecule has 0 radical (unpaired) electrons. The molecule has 0 aromatic heterocycles. The number of thioether (sulfide) groups is 1. The van der Waals surface area contributed by atoms with Crippen LogP contribution in [-0.4, -0.2) is 18.1 Å². The van der Waals surface area contributed by atoms with Crippen LogP contribution in [0.1, 0.15) is 31.7 Å². The summed E-state index contributed by atoms with van der Waals surface area (Å²) in [4.78, 5) is 0. The van der Waals surface area contributed by atoms with Gasteiger partial charge in [0.1, 0.15) is 5.75 Å². The third kappa shape index (κ3) is 6.59. The maximum absolute atomic E-state index is 5.68. The van der Waals surface area contributed by atoms with Gasteiger partial charge < -0.3 is 10.5 Å². The van der Waals surface area contributed by atoms with Crippen molar-refractivity contribution < 1.29 is 4.74 Å². The first-order chi connectivity index (χ1) is 8.36. The van der Waals surface area contributed by atoms with Crippen LogP contribution in [-0.2, 0) is 6.54 Å². The van der Waals surface area contributed by atoms with Gasteiger partial charge in [-0.25, -0.2) is 0 Å². The highest BCUT2D eigenvalue weighted by Crippen LogP contribution is 2.13. The molecule has 96 valence electrons. The topological polar surface area (TPSA) is 35.2 Å². The maximum atomic E-state index is 5.68. The molecule has 0 aliphatic rings. The summed E-state index contributed by atoms with van der Waals surface area (Å²) in [6.45, 7) is 3.59. The van der Waals surface area contributed by atoms with Crippen LogP contribution in [0, 0.1) is 0 Å². The zero-order chi connectivity index (χ0) is 12.3. The second-order valence-electron chi connectivity index (χ2n) is 4.02. The fourth-order valence-electron chi connectivity index (χ4n) is 1.54. The van der Waals surface area contributed by atoms with Crippen molar-refractivity contribution in [2.45, 2.75) is 32.7 Å². The summed E-state index contributed by atoms with van der Waals surface area (Å²) in [6, 6.07) is 8.01. The minimum atomic E-state index is 0.572. The Bertz CT molecular complexity index is 304. The van der Waals surface area contributed by atoms with Gasteiger partial charge in [0.15, 0.2) is 0 Å². The van der Waals surface area contributed by atoms with Crippen molar-refractivity contribution in [3.63, 3.8) is 0 Å². The summed E-state index contributed by atoms with van der Waals surface area (Å²) in [6.07, 6.45) is 3.96. The highest BCUT2D eigenvalue weighted by Gasteiger charge is 1.96. The fraction of sp³-hybridized carbons (Fsp3) is 0.571. The van der Waals surface area contributed by atoms with Gasteiger partial charge in [-0.2, -0.15) is 11.8 Å². The molecule has 0 fully saturated rings. The zero-order valence-electron chi connectivity index (χ0n) is 10.7. The first kappa shape index (κ1) is 14.4. The molecule has 0 unspecified atom stereocenters. The predicted octanol–water partition coefficient (Wildman–Crippen LogP) is 3.45. The molecule has 2 nitrogen and oxygen atoms in total. The Kier molecular flexibility index (Phi) is 7.93. The van der Waals surface area contributed by atoms with Gasteiger partial charge in [-0.15, -0.1) is 0 Å². The normalized spacial score (nSPS) is 10.5. The molecule has 0 aliphatic heterocycles. The Morgan fingerprint density at radius 1 is 1.24 bits per heavy atom. The lowest BCUT2D eigenvalue weighted by atomic mass is 10.2. The summed E-state index contributed by atoms with van der Waals surface area (Å²) < 4.78 is 5.68. The van der Waals surface area contributed by atoms with Crippen molar-refractivity contribution in [2.75, 3.05) is 18.1 Å². The van der Waals surface area contributed by atoms with E-state index in [1.165, 1.54) is 25.0 Å². The average Bonchev–Trinajstić information content (AvgIpc) is 2.38. The van der Waals surface area contributed by atoms with E-state index < -0.39 is 0 Å². The fourth-order valence-corrected chi connectivity index (χ4v) is 2.35. The lowest BCUT2D eigenvalue weighted by molar-refractivity contribution is 0.343. The average molecular weight is 253 g/mol. The largest absolute Gasteiger partial charge is 0.493 e. The van der Waals surface area contributed by atoms with Crippen LogP contribution in [0.15, 0.2) is 24.3 Å². The molecule has 0 heterocycles. The van der Waals surface area contributed by atoms with Crippen LogP contribution in [0.4, 0.5) is 0 Å². The molecule has 0 saturated carbocycles. The van der Waals surface area contributed by atoms with Crippen molar-refractivity contribution in [3.05, 3.63) is 29.8 Å². The van der Waals surface area contributed by atoms with Gasteiger partial charge in [-0.3, -0.25) is 0 Å². The summed E-state index contributed by atoms with van der Waals surface area (Å²) in [5.74, 6) is 3.25. The third-order valence-corrected chi connectivity index (χ3v) is 3.56. The monoisotopic (exact) mass is 253 g/mol. The molecule has 0 bridgehead atoms. The lowest BCUT2D eigenvalue weighted by Crippen LogP contribution is -2.02. The Balaban J connectivity index is 2.09. The molecule has 0 aliphatic carbocycles. The molecule has 1 aromatic carbocycles. The number of ether oxygens (including phenoxy) is 1. The van der Waals surface area contributed by atoms with E-state index in [4.69, 9.17) is 10.5 Å². The minimum absolute atomic E-state index is 0.572. The van der Waals surface area contributed by atoms with Crippen LogP contribution >= 0.6 is 11.8 Å². The molecule has 3 heteroatoms. The lowest BCUT2D eigenvalue weighted by Gasteiger charge is -2.07. The van der Waals surface area contributed by atoms with Gasteiger partial charge in [0, 0.05) is 12.3 Å². The molecular weight excluding hydrogens is 230 g/mol. The summed E-state index contributed by atoms with van der Waals surface area (Å²) >= 11 is 1.97. The molecule has 0 spiro atoms. The number of unbranched alkanes of at least 4 members (excludes halogenated alkanes) is 2. The number of nitrogens with two attached hydrogens (primary N) is 1. The van der Waals surface area contributed by atoms with Gasteiger partial charge in [-0.05, 0) is 29.9 Å². The van der Waals surface area contributed by atoms with Gasteiger partial charge in [0.25, 0.3) is 0 Å². The molecule has 1 aromatic rings. The zero-order valence-corrected chi connectivity index (χ0v) is 11.5. The molecule has 0 atom stereocenters. The van der Waals surface area contributed by atoms with E-state index >= 15 is 0 Å². The van der Waals surface area contributed by atoms with E-state index in [-0.39, 0.29) is 0 Å². The van der Waals surface area contributed by atoms with Crippen LogP contribution in [0.3, 0.4) is 0 Å². The quantitative estimate of drug-likeness (QED) is 0.685. The van der Waals surface area contributed by atoms with Gasteiger partial charge in [0.2, 0.25) is 0 Å². The minimum Gasteiger partial charge on any atom is -0.493 e. The second kappa shape index (κ2) is 9.37. The third-order valence-electron chi connectivity index (χ3n) is 2.52. The molecule has 2 N–H and O–H groups in total. The summed E-state index contributed by atoms with van der Waals surface area (Å²) in [5.41, 5.74) is 6.71. The van der Waals surface area contributed by atoms with Crippen molar-refractivity contribution in [3.8, 4) is 5.75 Å². The van der Waals surface area contributed by atoms with Gasteiger partial charge in [0.05, 0.1) is 6.61 Å². The van der Waals surface area contributed by atoms with Crippen molar-refractivity contribution in [2.24, 2.45) is 5.73 Å². The predicted molar refractivity (Wildman–Crippen MR) is 76.7 cm³/mol. The Labute approximate surface area is 109 Å². The van der Waals surface area contributed by atoms with Crippen LogP contribution in [0.25, 0.3) is 0 Å². The number of rotatable bonds is 9. The van der Waals surface area contributed by atoms with Gasteiger partial charge in [-0.1, -0.05) is 31.9 Å². The number of hydrogen-bond acceptors (Lipinski definition) is 3. The second-order valence-corrected chi connectivity index (χ2v) is 5.24. The maximum Gasteiger partial charge on any atom is 0.119 e. The van der Waals surface area contributed by atoms with E-state index in [2.05, 4.69) is 6.92 Å². The Morgan fingerprint density at radius 2 is 2.12 bits per heavy atom. The van der Waals surface area contributed by atoms with Crippen LogP contribution < -0.4 is 10.5 Å². The smallest absolute Gasteiger partial charge is 0.119 e. The molecule has 17 heavy (non-hydrogen) atoms. The van der Waals surface area contributed by atoms with Gasteiger partial charge >= 0.3 is 0 Å². The Morgan fingerprint density at radius 3 is 2.88 bits per heavy atom. The van der Waals surface area contributed by atoms with Crippen molar-refractivity contribution in [1.82, 2.24) is 0 Å².